The van der Waals surface area contributed by atoms with Crippen LogP contribution in [0, 0.1) is 5.82 Å². The molecule has 0 amide bonds. The Labute approximate surface area is 115 Å². The third-order valence-electron chi connectivity index (χ3n) is 3.13. The zero-order chi connectivity index (χ0) is 13.0. The molecule has 1 heterocycles. The van der Waals surface area contributed by atoms with Gasteiger partial charge >= 0.3 is 0 Å². The van der Waals surface area contributed by atoms with E-state index in [2.05, 4.69) is 20.8 Å². The minimum absolute atomic E-state index is 0.222. The number of morpholine rings is 1. The van der Waals surface area contributed by atoms with Crippen LogP contribution in [-0.2, 0) is 11.2 Å². The van der Waals surface area contributed by atoms with Crippen LogP contribution >= 0.6 is 15.9 Å². The van der Waals surface area contributed by atoms with Crippen LogP contribution < -0.4 is 0 Å². The standard InChI is InChI=1S/C13H17BrFNO2/c14-11-8-10(13(17)12(15)9-11)2-1-3-16-4-6-18-7-5-16/h8-9,17H,1-7H2. The molecule has 0 bridgehead atoms. The van der Waals surface area contributed by atoms with E-state index in [0.29, 0.717) is 16.5 Å². The molecule has 1 N–H and O–H groups in total. The molecule has 0 aliphatic carbocycles. The van der Waals surface area contributed by atoms with E-state index in [4.69, 9.17) is 4.74 Å². The Morgan fingerprint density at radius 1 is 1.33 bits per heavy atom. The third-order valence-corrected chi connectivity index (χ3v) is 3.59. The first-order chi connectivity index (χ1) is 8.66. The number of aryl methyl sites for hydroxylation is 1. The summed E-state index contributed by atoms with van der Waals surface area (Å²) in [5, 5.41) is 9.63. The number of halogens is 2. The van der Waals surface area contributed by atoms with Crippen LogP contribution in [0.15, 0.2) is 16.6 Å². The van der Waals surface area contributed by atoms with Gasteiger partial charge < -0.3 is 9.84 Å². The van der Waals surface area contributed by atoms with Gasteiger partial charge in [-0.3, -0.25) is 4.90 Å². The lowest BCUT2D eigenvalue weighted by Gasteiger charge is -2.26. The largest absolute Gasteiger partial charge is 0.505 e. The highest BCUT2D eigenvalue weighted by molar-refractivity contribution is 9.10. The number of ether oxygens (including phenoxy) is 1. The number of phenols is 1. The fourth-order valence-electron chi connectivity index (χ4n) is 2.13. The molecule has 0 unspecified atom stereocenters. The van der Waals surface area contributed by atoms with Gasteiger partial charge in [0.25, 0.3) is 0 Å². The zero-order valence-corrected chi connectivity index (χ0v) is 11.7. The van der Waals surface area contributed by atoms with E-state index in [0.717, 1.165) is 39.3 Å². The quantitative estimate of drug-likeness (QED) is 0.926. The van der Waals surface area contributed by atoms with Crippen molar-refractivity contribution in [3.8, 4) is 5.75 Å². The molecule has 1 aromatic carbocycles. The van der Waals surface area contributed by atoms with E-state index in [1.807, 2.05) is 0 Å². The van der Waals surface area contributed by atoms with Gasteiger partial charge in [-0.2, -0.15) is 0 Å². The number of phenolic OH excluding ortho intramolecular Hbond substituents is 1. The van der Waals surface area contributed by atoms with Crippen molar-refractivity contribution in [1.82, 2.24) is 4.90 Å². The molecule has 1 saturated heterocycles. The first kappa shape index (κ1) is 13.8. The molecular weight excluding hydrogens is 301 g/mol. The van der Waals surface area contributed by atoms with Crippen molar-refractivity contribution in [3.05, 3.63) is 28.0 Å². The molecule has 1 aromatic rings. The molecular formula is C13H17BrFNO2. The molecule has 3 nitrogen and oxygen atoms in total. The lowest BCUT2D eigenvalue weighted by atomic mass is 10.1. The van der Waals surface area contributed by atoms with Crippen molar-refractivity contribution in [2.24, 2.45) is 0 Å². The van der Waals surface area contributed by atoms with Gasteiger partial charge in [0.05, 0.1) is 13.2 Å². The number of hydrogen-bond acceptors (Lipinski definition) is 3. The van der Waals surface area contributed by atoms with E-state index in [1.54, 1.807) is 6.07 Å². The van der Waals surface area contributed by atoms with Gasteiger partial charge in [-0.05, 0) is 37.1 Å². The van der Waals surface area contributed by atoms with E-state index in [1.165, 1.54) is 6.07 Å². The van der Waals surface area contributed by atoms with Crippen molar-refractivity contribution in [2.75, 3.05) is 32.8 Å². The summed E-state index contributed by atoms with van der Waals surface area (Å²) in [5.74, 6) is -0.786. The third kappa shape index (κ3) is 3.67. The highest BCUT2D eigenvalue weighted by Gasteiger charge is 2.12. The van der Waals surface area contributed by atoms with E-state index >= 15 is 0 Å². The second-order valence-corrected chi connectivity index (χ2v) is 5.37. The summed E-state index contributed by atoms with van der Waals surface area (Å²) in [4.78, 5) is 2.33. The summed E-state index contributed by atoms with van der Waals surface area (Å²) in [7, 11) is 0. The van der Waals surface area contributed by atoms with Gasteiger partial charge in [0.2, 0.25) is 0 Å². The fourth-order valence-corrected chi connectivity index (χ4v) is 2.61. The molecule has 100 valence electrons. The Hall–Kier alpha value is -0.650. The molecule has 2 rings (SSSR count). The monoisotopic (exact) mass is 317 g/mol. The van der Waals surface area contributed by atoms with Gasteiger partial charge in [-0.25, -0.2) is 4.39 Å². The van der Waals surface area contributed by atoms with Crippen LogP contribution in [0.5, 0.6) is 5.75 Å². The molecule has 0 radical (unpaired) electrons. The molecule has 1 aliphatic heterocycles. The predicted octanol–water partition coefficient (Wildman–Crippen LogP) is 2.56. The van der Waals surface area contributed by atoms with Gasteiger partial charge in [0, 0.05) is 17.6 Å². The number of hydrogen-bond donors (Lipinski definition) is 1. The molecule has 0 saturated carbocycles. The van der Waals surface area contributed by atoms with E-state index < -0.39 is 5.82 Å². The Morgan fingerprint density at radius 2 is 2.06 bits per heavy atom. The van der Waals surface area contributed by atoms with Crippen molar-refractivity contribution in [1.29, 1.82) is 0 Å². The summed E-state index contributed by atoms with van der Waals surface area (Å²) >= 11 is 3.24. The molecule has 1 fully saturated rings. The van der Waals surface area contributed by atoms with E-state index in [-0.39, 0.29) is 5.75 Å². The average molecular weight is 318 g/mol. The highest BCUT2D eigenvalue weighted by Crippen LogP contribution is 2.27. The van der Waals surface area contributed by atoms with Crippen LogP contribution in [0.4, 0.5) is 4.39 Å². The van der Waals surface area contributed by atoms with Crippen LogP contribution in [-0.4, -0.2) is 42.9 Å². The lowest BCUT2D eigenvalue weighted by Crippen LogP contribution is -2.36. The maximum atomic E-state index is 13.3. The van der Waals surface area contributed by atoms with Crippen molar-refractivity contribution in [3.63, 3.8) is 0 Å². The highest BCUT2D eigenvalue weighted by atomic mass is 79.9. The summed E-state index contributed by atoms with van der Waals surface area (Å²) in [6.07, 6.45) is 1.59. The lowest BCUT2D eigenvalue weighted by molar-refractivity contribution is 0.0374. The van der Waals surface area contributed by atoms with Crippen molar-refractivity contribution >= 4 is 15.9 Å². The number of benzene rings is 1. The molecule has 5 heteroatoms. The van der Waals surface area contributed by atoms with Gasteiger partial charge in [-0.1, -0.05) is 15.9 Å². The minimum atomic E-state index is -0.564. The number of aromatic hydroxyl groups is 1. The summed E-state index contributed by atoms with van der Waals surface area (Å²) < 4.78 is 19.3. The van der Waals surface area contributed by atoms with E-state index in [9.17, 15) is 9.50 Å². The number of rotatable bonds is 4. The second-order valence-electron chi connectivity index (χ2n) is 4.45. The Morgan fingerprint density at radius 3 is 2.78 bits per heavy atom. The molecule has 0 spiro atoms. The Kier molecular flexibility index (Phi) is 4.97. The smallest absolute Gasteiger partial charge is 0.166 e. The topological polar surface area (TPSA) is 32.7 Å². The Bertz CT molecular complexity index is 408. The number of nitrogens with zero attached hydrogens (tertiary/aromatic N) is 1. The van der Waals surface area contributed by atoms with Crippen LogP contribution in [0.25, 0.3) is 0 Å². The van der Waals surface area contributed by atoms with Crippen molar-refractivity contribution in [2.45, 2.75) is 12.8 Å². The normalized spacial score (nSPS) is 17.0. The summed E-state index contributed by atoms with van der Waals surface area (Å²) in [6, 6.07) is 3.05. The summed E-state index contributed by atoms with van der Waals surface area (Å²) in [5.41, 5.74) is 0.662. The van der Waals surface area contributed by atoms with Crippen molar-refractivity contribution < 1.29 is 14.2 Å². The Balaban J connectivity index is 1.86. The SMILES string of the molecule is Oc1c(F)cc(Br)cc1CCCN1CCOCC1. The maximum absolute atomic E-state index is 13.3. The van der Waals surface area contributed by atoms with Gasteiger partial charge in [0.15, 0.2) is 11.6 Å². The van der Waals surface area contributed by atoms with Crippen LogP contribution in [0.1, 0.15) is 12.0 Å². The molecule has 1 aliphatic rings. The maximum Gasteiger partial charge on any atom is 0.166 e. The van der Waals surface area contributed by atoms with Gasteiger partial charge in [0.1, 0.15) is 0 Å². The average Bonchev–Trinajstić information content (AvgIpc) is 2.36. The first-order valence-electron chi connectivity index (χ1n) is 6.14. The second kappa shape index (κ2) is 6.50. The molecule has 0 aromatic heterocycles. The predicted molar refractivity (Wildman–Crippen MR) is 71.3 cm³/mol. The summed E-state index contributed by atoms with van der Waals surface area (Å²) in [6.45, 7) is 4.45. The van der Waals surface area contributed by atoms with Crippen LogP contribution in [0.2, 0.25) is 0 Å². The van der Waals surface area contributed by atoms with Gasteiger partial charge in [-0.15, -0.1) is 0 Å². The fraction of sp³-hybridized carbons (Fsp3) is 0.538. The molecule has 18 heavy (non-hydrogen) atoms. The zero-order valence-electron chi connectivity index (χ0n) is 10.2. The van der Waals surface area contributed by atoms with Crippen LogP contribution in [0.3, 0.4) is 0 Å². The molecule has 0 atom stereocenters. The minimum Gasteiger partial charge on any atom is -0.505 e. The first-order valence-corrected chi connectivity index (χ1v) is 6.93.